The first-order valence-electron chi connectivity index (χ1n) is 6.74. The molecular weight excluding hydrogens is 300 g/mol. The van der Waals surface area contributed by atoms with E-state index < -0.39 is 17.4 Å². The second kappa shape index (κ2) is 5.44. The summed E-state index contributed by atoms with van der Waals surface area (Å²) in [4.78, 5) is 18.3. The number of anilines is 3. The topological polar surface area (TPSA) is 160 Å². The molecule has 0 aliphatic carbocycles. The van der Waals surface area contributed by atoms with Crippen LogP contribution in [0.1, 0.15) is 17.2 Å². The van der Waals surface area contributed by atoms with Gasteiger partial charge in [0.05, 0.1) is 5.56 Å². The van der Waals surface area contributed by atoms with Crippen molar-refractivity contribution in [3.8, 4) is 0 Å². The lowest BCUT2D eigenvalue weighted by Crippen LogP contribution is -2.19. The van der Waals surface area contributed by atoms with E-state index in [1.165, 1.54) is 0 Å². The van der Waals surface area contributed by atoms with Crippen LogP contribution in [0.25, 0.3) is 11.0 Å². The van der Waals surface area contributed by atoms with Gasteiger partial charge < -0.3 is 21.6 Å². The second-order valence-electron chi connectivity index (χ2n) is 5.02. The Morgan fingerprint density at radius 2 is 1.83 bits per heavy atom. The Balaban J connectivity index is 2.17. The van der Waals surface area contributed by atoms with Gasteiger partial charge in [0.2, 0.25) is 12.5 Å². The van der Waals surface area contributed by atoms with Gasteiger partial charge in [-0.05, 0) is 12.1 Å². The summed E-state index contributed by atoms with van der Waals surface area (Å²) in [5.74, 6) is -0.523. The van der Waals surface area contributed by atoms with Crippen LogP contribution in [0.5, 0.6) is 0 Å². The molecular formula is C14H14N6O3. The molecule has 23 heavy (non-hydrogen) atoms. The highest BCUT2D eigenvalue weighted by molar-refractivity contribution is 5.78. The maximum Gasteiger partial charge on any atom is 0.223 e. The fourth-order valence-electron chi connectivity index (χ4n) is 2.53. The molecule has 9 heteroatoms. The van der Waals surface area contributed by atoms with Crippen molar-refractivity contribution in [3.05, 3.63) is 51.8 Å². The maximum absolute atomic E-state index is 11.1. The van der Waals surface area contributed by atoms with E-state index in [1.807, 2.05) is 18.2 Å². The minimum atomic E-state index is -0.807. The Labute approximate surface area is 130 Å². The number of fused-ring (bicyclic) bond motifs is 1. The molecule has 0 amide bonds. The fourth-order valence-corrected chi connectivity index (χ4v) is 2.53. The number of nitrogens with two attached hydrogens (primary N) is 3. The summed E-state index contributed by atoms with van der Waals surface area (Å²) in [6.45, 7) is -0.457. The number of nitrogen functional groups attached to an aromatic ring is 3. The molecule has 1 unspecified atom stereocenters. The first kappa shape index (κ1) is 14.6. The zero-order valence-electron chi connectivity index (χ0n) is 12.0. The molecule has 9 nitrogen and oxygen atoms in total. The summed E-state index contributed by atoms with van der Waals surface area (Å²) in [6, 6.07) is 9.00. The summed E-state index contributed by atoms with van der Waals surface area (Å²) < 4.78 is 5.72. The lowest BCUT2D eigenvalue weighted by atomic mass is 9.97. The molecule has 0 spiro atoms. The molecule has 1 aromatic carbocycles. The van der Waals surface area contributed by atoms with Crippen LogP contribution in [-0.4, -0.2) is 21.4 Å². The maximum atomic E-state index is 11.1. The van der Waals surface area contributed by atoms with Gasteiger partial charge in [-0.2, -0.15) is 9.97 Å². The van der Waals surface area contributed by atoms with Crippen LogP contribution in [0.2, 0.25) is 0 Å². The number of furan rings is 1. The normalized spacial score (nSPS) is 12.3. The average molecular weight is 314 g/mol. The van der Waals surface area contributed by atoms with Crippen LogP contribution in [0.4, 0.5) is 17.6 Å². The van der Waals surface area contributed by atoms with Crippen LogP contribution in [0.3, 0.4) is 0 Å². The number of nitrogens with zero attached hydrogens (tertiary/aromatic N) is 3. The summed E-state index contributed by atoms with van der Waals surface area (Å²) in [7, 11) is 0. The van der Waals surface area contributed by atoms with E-state index in [2.05, 4.69) is 9.97 Å². The average Bonchev–Trinajstić information content (AvgIpc) is 2.88. The van der Waals surface area contributed by atoms with Crippen molar-refractivity contribution in [2.75, 3.05) is 23.7 Å². The number of hydrogen-bond acceptors (Lipinski definition) is 8. The molecule has 0 radical (unpaired) electrons. The van der Waals surface area contributed by atoms with E-state index in [0.29, 0.717) is 11.3 Å². The molecule has 0 fully saturated rings. The summed E-state index contributed by atoms with van der Waals surface area (Å²) in [5.41, 5.74) is 18.1. The number of hydrogen-bond donors (Lipinski definition) is 3. The van der Waals surface area contributed by atoms with Crippen molar-refractivity contribution in [2.24, 2.45) is 0 Å². The standard InChI is InChI=1S/C14H14N6O3/c15-12-11(13(16)19-14(17)18-12)8(6-20(21)22)10-5-7-3-1-2-4-9(7)23-10/h1-5,8H,6H2,(H6,15,16,17,18,19). The Hall–Kier alpha value is -3.36. The molecule has 0 aliphatic rings. The third-order valence-electron chi connectivity index (χ3n) is 3.49. The summed E-state index contributed by atoms with van der Waals surface area (Å²) in [6.07, 6.45) is 0. The zero-order valence-corrected chi connectivity index (χ0v) is 12.0. The van der Waals surface area contributed by atoms with E-state index in [4.69, 9.17) is 21.6 Å². The van der Waals surface area contributed by atoms with Gasteiger partial charge in [0, 0.05) is 10.3 Å². The monoisotopic (exact) mass is 314 g/mol. The molecule has 0 saturated heterocycles. The smallest absolute Gasteiger partial charge is 0.223 e. The van der Waals surface area contributed by atoms with Gasteiger partial charge in [-0.1, -0.05) is 18.2 Å². The highest BCUT2D eigenvalue weighted by Crippen LogP contribution is 2.35. The van der Waals surface area contributed by atoms with E-state index in [0.717, 1.165) is 5.39 Å². The van der Waals surface area contributed by atoms with Crippen molar-refractivity contribution < 1.29 is 9.34 Å². The minimum Gasteiger partial charge on any atom is -0.460 e. The van der Waals surface area contributed by atoms with Crippen LogP contribution < -0.4 is 17.2 Å². The Bertz CT molecular complexity index is 835. The lowest BCUT2D eigenvalue weighted by Gasteiger charge is -2.14. The molecule has 0 saturated carbocycles. The molecule has 3 aromatic rings. The number of rotatable bonds is 4. The molecule has 2 heterocycles. The molecule has 0 bridgehead atoms. The highest BCUT2D eigenvalue weighted by atomic mass is 16.6. The van der Waals surface area contributed by atoms with Crippen molar-refractivity contribution in [1.29, 1.82) is 0 Å². The van der Waals surface area contributed by atoms with Gasteiger partial charge in [-0.3, -0.25) is 10.1 Å². The summed E-state index contributed by atoms with van der Waals surface area (Å²) >= 11 is 0. The van der Waals surface area contributed by atoms with Crippen molar-refractivity contribution in [1.82, 2.24) is 9.97 Å². The van der Waals surface area contributed by atoms with Gasteiger partial charge in [0.15, 0.2) is 0 Å². The van der Waals surface area contributed by atoms with E-state index in [1.54, 1.807) is 12.1 Å². The molecule has 118 valence electrons. The van der Waals surface area contributed by atoms with Gasteiger partial charge >= 0.3 is 0 Å². The highest BCUT2D eigenvalue weighted by Gasteiger charge is 2.29. The third-order valence-corrected chi connectivity index (χ3v) is 3.49. The predicted octanol–water partition coefficient (Wildman–Crippen LogP) is 1.38. The SMILES string of the molecule is Nc1nc(N)c(C(C[N+](=O)[O-])c2cc3ccccc3o2)c(N)n1. The van der Waals surface area contributed by atoms with Crippen LogP contribution >= 0.6 is 0 Å². The van der Waals surface area contributed by atoms with E-state index in [9.17, 15) is 10.1 Å². The van der Waals surface area contributed by atoms with Crippen molar-refractivity contribution >= 4 is 28.6 Å². The Morgan fingerprint density at radius 1 is 1.17 bits per heavy atom. The van der Waals surface area contributed by atoms with Crippen molar-refractivity contribution in [2.45, 2.75) is 5.92 Å². The van der Waals surface area contributed by atoms with Crippen LogP contribution in [0, 0.1) is 10.1 Å². The lowest BCUT2D eigenvalue weighted by molar-refractivity contribution is -0.482. The van der Waals surface area contributed by atoms with E-state index >= 15 is 0 Å². The quantitative estimate of drug-likeness (QED) is 0.480. The number of benzene rings is 1. The van der Waals surface area contributed by atoms with Gasteiger partial charge in [-0.15, -0.1) is 0 Å². The zero-order chi connectivity index (χ0) is 16.6. The predicted molar refractivity (Wildman–Crippen MR) is 85.2 cm³/mol. The van der Waals surface area contributed by atoms with Crippen LogP contribution in [0.15, 0.2) is 34.7 Å². The van der Waals surface area contributed by atoms with E-state index in [-0.39, 0.29) is 23.1 Å². The molecule has 0 aliphatic heterocycles. The first-order chi connectivity index (χ1) is 11.0. The number of nitro groups is 1. The first-order valence-corrected chi connectivity index (χ1v) is 6.74. The molecule has 3 rings (SSSR count). The van der Waals surface area contributed by atoms with Crippen molar-refractivity contribution in [3.63, 3.8) is 0 Å². The molecule has 2 aromatic heterocycles. The number of para-hydroxylation sites is 1. The molecule has 1 atom stereocenters. The van der Waals surface area contributed by atoms with Crippen LogP contribution in [-0.2, 0) is 0 Å². The summed E-state index contributed by atoms with van der Waals surface area (Å²) in [5, 5.41) is 11.9. The number of aromatic nitrogens is 2. The third kappa shape index (κ3) is 2.71. The second-order valence-corrected chi connectivity index (χ2v) is 5.02. The minimum absolute atomic E-state index is 0.00214. The Morgan fingerprint density at radius 3 is 2.43 bits per heavy atom. The largest absolute Gasteiger partial charge is 0.460 e. The Kier molecular flexibility index (Phi) is 3.45. The van der Waals surface area contributed by atoms with Gasteiger partial charge in [-0.25, -0.2) is 0 Å². The fraction of sp³-hybridized carbons (Fsp3) is 0.143. The van der Waals surface area contributed by atoms with Gasteiger partial charge in [0.25, 0.3) is 0 Å². The van der Waals surface area contributed by atoms with Gasteiger partial charge in [0.1, 0.15) is 28.9 Å². The molecule has 6 N–H and O–H groups in total.